The average Bonchev–Trinajstić information content (AvgIpc) is 3.08. The van der Waals surface area contributed by atoms with Crippen LogP contribution in [-0.2, 0) is 0 Å². The van der Waals surface area contributed by atoms with Crippen LogP contribution in [0.15, 0.2) is 36.4 Å². The van der Waals surface area contributed by atoms with Gasteiger partial charge in [-0.1, -0.05) is 50.1 Å². The summed E-state index contributed by atoms with van der Waals surface area (Å²) in [4.78, 5) is 29.5. The van der Waals surface area contributed by atoms with Crippen molar-refractivity contribution in [3.05, 3.63) is 42.1 Å². The third-order valence-electron chi connectivity index (χ3n) is 6.00. The fourth-order valence-corrected chi connectivity index (χ4v) is 4.15. The Morgan fingerprint density at radius 3 is 2.24 bits per heavy atom. The minimum absolute atomic E-state index is 0.0416. The van der Waals surface area contributed by atoms with E-state index in [1.807, 2.05) is 41.3 Å². The van der Waals surface area contributed by atoms with E-state index in [0.717, 1.165) is 70.0 Å². The van der Waals surface area contributed by atoms with Crippen molar-refractivity contribution in [1.82, 2.24) is 19.8 Å². The number of hydrogen-bond acceptors (Lipinski definition) is 5. The molecule has 154 valence electrons. The van der Waals surface area contributed by atoms with Crippen LogP contribution in [0.25, 0.3) is 11.4 Å². The summed E-state index contributed by atoms with van der Waals surface area (Å²) in [6.07, 6.45) is 4.56. The molecule has 29 heavy (non-hydrogen) atoms. The number of benzene rings is 1. The number of carbonyl (C=O) groups excluding carboxylic acids is 1. The second kappa shape index (κ2) is 9.35. The van der Waals surface area contributed by atoms with Crippen LogP contribution in [0.5, 0.6) is 0 Å². The van der Waals surface area contributed by atoms with Crippen LogP contribution in [0.1, 0.15) is 43.1 Å². The molecule has 2 aromatic rings. The van der Waals surface area contributed by atoms with Crippen LogP contribution in [0, 0.1) is 0 Å². The van der Waals surface area contributed by atoms with E-state index in [0.29, 0.717) is 11.5 Å². The van der Waals surface area contributed by atoms with Crippen molar-refractivity contribution >= 4 is 11.7 Å². The van der Waals surface area contributed by atoms with E-state index in [2.05, 4.69) is 16.7 Å². The van der Waals surface area contributed by atoms with Gasteiger partial charge in [0, 0.05) is 50.9 Å². The Labute approximate surface area is 173 Å². The molecule has 0 aliphatic carbocycles. The second-order valence-corrected chi connectivity index (χ2v) is 7.93. The lowest BCUT2D eigenvalue weighted by Crippen LogP contribution is -2.46. The number of aromatic nitrogens is 2. The minimum atomic E-state index is 0.0416. The van der Waals surface area contributed by atoms with Crippen molar-refractivity contribution in [3.63, 3.8) is 0 Å². The predicted molar refractivity (Wildman–Crippen MR) is 116 cm³/mol. The lowest BCUT2D eigenvalue weighted by Gasteiger charge is -2.35. The van der Waals surface area contributed by atoms with Gasteiger partial charge in [-0.05, 0) is 19.4 Å². The Morgan fingerprint density at radius 2 is 1.59 bits per heavy atom. The summed E-state index contributed by atoms with van der Waals surface area (Å²) in [6.45, 7) is 8.83. The molecule has 6 heteroatoms. The Bertz CT molecular complexity index is 809. The Morgan fingerprint density at radius 1 is 0.897 bits per heavy atom. The molecule has 0 saturated carbocycles. The van der Waals surface area contributed by atoms with Gasteiger partial charge in [0.25, 0.3) is 5.91 Å². The molecule has 2 aliphatic rings. The summed E-state index contributed by atoms with van der Waals surface area (Å²) in [7, 11) is 0. The molecule has 0 atom stereocenters. The quantitative estimate of drug-likeness (QED) is 0.798. The minimum Gasteiger partial charge on any atom is -0.354 e. The van der Waals surface area contributed by atoms with Crippen molar-refractivity contribution in [1.29, 1.82) is 0 Å². The van der Waals surface area contributed by atoms with Crippen LogP contribution in [0.2, 0.25) is 0 Å². The number of hydrogen-bond donors (Lipinski definition) is 0. The van der Waals surface area contributed by atoms with Gasteiger partial charge in [-0.2, -0.15) is 0 Å². The van der Waals surface area contributed by atoms with Gasteiger partial charge in [0.1, 0.15) is 11.5 Å². The summed E-state index contributed by atoms with van der Waals surface area (Å²) in [5, 5.41) is 0. The fourth-order valence-electron chi connectivity index (χ4n) is 4.15. The highest BCUT2D eigenvalue weighted by Crippen LogP contribution is 2.23. The molecule has 6 nitrogen and oxygen atoms in total. The van der Waals surface area contributed by atoms with E-state index < -0.39 is 0 Å². The van der Waals surface area contributed by atoms with Gasteiger partial charge >= 0.3 is 0 Å². The summed E-state index contributed by atoms with van der Waals surface area (Å²) in [5.74, 6) is 1.55. The number of likely N-dealkylation sites (tertiary alicyclic amines) is 1. The fraction of sp³-hybridized carbons (Fsp3) is 0.522. The molecule has 0 spiro atoms. The first-order valence-electron chi connectivity index (χ1n) is 11.0. The molecule has 0 radical (unpaired) electrons. The number of anilines is 1. The molecule has 1 aromatic heterocycles. The average molecular weight is 394 g/mol. The zero-order valence-corrected chi connectivity index (χ0v) is 17.4. The SMILES string of the molecule is CCN1CCN(c2cc(C(=O)N3CCCCCC3)nc(-c3ccccc3)n2)CC1. The Balaban J connectivity index is 1.65. The molecule has 2 saturated heterocycles. The number of likely N-dealkylation sites (N-methyl/N-ethyl adjacent to an activating group) is 1. The topological polar surface area (TPSA) is 52.6 Å². The highest BCUT2D eigenvalue weighted by molar-refractivity contribution is 5.93. The highest BCUT2D eigenvalue weighted by Gasteiger charge is 2.23. The van der Waals surface area contributed by atoms with Crippen LogP contribution >= 0.6 is 0 Å². The molecule has 2 fully saturated rings. The number of nitrogens with zero attached hydrogens (tertiary/aromatic N) is 5. The van der Waals surface area contributed by atoms with E-state index in [1.165, 1.54) is 12.8 Å². The summed E-state index contributed by atoms with van der Waals surface area (Å²) in [5.41, 5.74) is 1.47. The largest absolute Gasteiger partial charge is 0.354 e. The van der Waals surface area contributed by atoms with Crippen LogP contribution in [0.3, 0.4) is 0 Å². The predicted octanol–water partition coefficient (Wildman–Crippen LogP) is 3.30. The van der Waals surface area contributed by atoms with Crippen molar-refractivity contribution in [2.24, 2.45) is 0 Å². The molecular formula is C23H31N5O. The molecule has 0 N–H and O–H groups in total. The standard InChI is InChI=1S/C23H31N5O/c1-2-26-14-16-27(17-15-26)21-18-20(23(29)28-12-8-3-4-9-13-28)24-22(25-21)19-10-6-5-7-11-19/h5-7,10-11,18H,2-4,8-9,12-17H2,1H3. The van der Waals surface area contributed by atoms with Gasteiger partial charge in [-0.15, -0.1) is 0 Å². The summed E-state index contributed by atoms with van der Waals surface area (Å²) < 4.78 is 0. The third-order valence-corrected chi connectivity index (χ3v) is 6.00. The van der Waals surface area contributed by atoms with E-state index in [4.69, 9.17) is 9.97 Å². The smallest absolute Gasteiger partial charge is 0.272 e. The molecule has 1 amide bonds. The first-order chi connectivity index (χ1) is 14.2. The number of piperazine rings is 1. The highest BCUT2D eigenvalue weighted by atomic mass is 16.2. The van der Waals surface area contributed by atoms with Gasteiger partial charge < -0.3 is 14.7 Å². The number of carbonyl (C=O) groups is 1. The maximum absolute atomic E-state index is 13.3. The van der Waals surface area contributed by atoms with Gasteiger partial charge in [-0.25, -0.2) is 9.97 Å². The zero-order valence-electron chi connectivity index (χ0n) is 17.4. The molecule has 1 aromatic carbocycles. The van der Waals surface area contributed by atoms with Crippen LogP contribution < -0.4 is 4.90 Å². The maximum Gasteiger partial charge on any atom is 0.272 e. The third kappa shape index (κ3) is 4.75. The van der Waals surface area contributed by atoms with Gasteiger partial charge in [-0.3, -0.25) is 4.79 Å². The lowest BCUT2D eigenvalue weighted by molar-refractivity contribution is 0.0755. The van der Waals surface area contributed by atoms with E-state index in [9.17, 15) is 4.79 Å². The van der Waals surface area contributed by atoms with Crippen molar-refractivity contribution < 1.29 is 4.79 Å². The molecule has 0 unspecified atom stereocenters. The number of rotatable bonds is 4. The molecule has 2 aliphatic heterocycles. The normalized spacial score (nSPS) is 18.5. The van der Waals surface area contributed by atoms with Crippen LogP contribution in [-0.4, -0.2) is 71.5 Å². The molecule has 3 heterocycles. The zero-order chi connectivity index (χ0) is 20.1. The monoisotopic (exact) mass is 393 g/mol. The van der Waals surface area contributed by atoms with E-state index >= 15 is 0 Å². The van der Waals surface area contributed by atoms with E-state index in [-0.39, 0.29) is 5.91 Å². The van der Waals surface area contributed by atoms with Crippen molar-refractivity contribution in [2.45, 2.75) is 32.6 Å². The second-order valence-electron chi connectivity index (χ2n) is 7.93. The first-order valence-corrected chi connectivity index (χ1v) is 11.0. The first kappa shape index (κ1) is 19.8. The van der Waals surface area contributed by atoms with Crippen molar-refractivity contribution in [2.75, 3.05) is 50.7 Å². The van der Waals surface area contributed by atoms with E-state index in [1.54, 1.807) is 0 Å². The number of amides is 1. The molecule has 4 rings (SSSR count). The Hall–Kier alpha value is -2.47. The molecule has 0 bridgehead atoms. The summed E-state index contributed by atoms with van der Waals surface area (Å²) in [6, 6.07) is 11.9. The van der Waals surface area contributed by atoms with Gasteiger partial charge in [0.05, 0.1) is 0 Å². The summed E-state index contributed by atoms with van der Waals surface area (Å²) >= 11 is 0. The maximum atomic E-state index is 13.3. The van der Waals surface area contributed by atoms with Crippen LogP contribution in [0.4, 0.5) is 5.82 Å². The van der Waals surface area contributed by atoms with Crippen molar-refractivity contribution in [3.8, 4) is 11.4 Å². The van der Waals surface area contributed by atoms with Gasteiger partial charge in [0.2, 0.25) is 0 Å². The van der Waals surface area contributed by atoms with Gasteiger partial charge in [0.15, 0.2) is 5.82 Å². The Kier molecular flexibility index (Phi) is 6.39. The molecular weight excluding hydrogens is 362 g/mol. The lowest BCUT2D eigenvalue weighted by atomic mass is 10.2.